The molecular weight excluding hydrogens is 468 g/mol. The van der Waals surface area contributed by atoms with E-state index >= 15 is 0 Å². The predicted octanol–water partition coefficient (Wildman–Crippen LogP) is 4.24. The van der Waals surface area contributed by atoms with Gasteiger partial charge in [-0.15, -0.1) is 0 Å². The largest absolute Gasteiger partial charge is 0.351 e. The maximum absolute atomic E-state index is 13.3. The molecule has 1 amide bonds. The highest BCUT2D eigenvalue weighted by molar-refractivity contribution is 7.99. The summed E-state index contributed by atoms with van der Waals surface area (Å²) in [6.07, 6.45) is 0.940. The number of amides is 1. The Labute approximate surface area is 215 Å². The Morgan fingerprint density at radius 2 is 1.69 bits per heavy atom. The van der Waals surface area contributed by atoms with Gasteiger partial charge in [-0.1, -0.05) is 84.1 Å². The van der Waals surface area contributed by atoms with Crippen LogP contribution in [0.25, 0.3) is 10.9 Å². The second-order valence-electron chi connectivity index (χ2n) is 9.35. The molecule has 1 aliphatic rings. The van der Waals surface area contributed by atoms with Gasteiger partial charge in [0.05, 0.1) is 23.2 Å². The Morgan fingerprint density at radius 1 is 0.972 bits per heavy atom. The van der Waals surface area contributed by atoms with Crippen LogP contribution in [0, 0.1) is 6.92 Å². The summed E-state index contributed by atoms with van der Waals surface area (Å²) in [5, 5.41) is 4.32. The number of hydrogen-bond donors (Lipinski definition) is 1. The summed E-state index contributed by atoms with van der Waals surface area (Å²) < 4.78 is 1.68. The van der Waals surface area contributed by atoms with E-state index in [4.69, 9.17) is 4.98 Å². The van der Waals surface area contributed by atoms with E-state index in [9.17, 15) is 9.59 Å². The van der Waals surface area contributed by atoms with Gasteiger partial charge in [0.2, 0.25) is 5.91 Å². The van der Waals surface area contributed by atoms with Crippen molar-refractivity contribution < 1.29 is 4.79 Å². The fraction of sp³-hybridized carbons (Fsp3) is 0.276. The Bertz CT molecular complexity index is 1400. The van der Waals surface area contributed by atoms with Crippen LogP contribution in [-0.2, 0) is 17.9 Å². The Kier molecular flexibility index (Phi) is 7.49. The number of carbonyl (C=O) groups is 1. The smallest absolute Gasteiger partial charge is 0.262 e. The molecule has 1 aromatic heterocycles. The second kappa shape index (κ2) is 11.1. The van der Waals surface area contributed by atoms with Crippen molar-refractivity contribution in [1.29, 1.82) is 0 Å². The normalized spacial score (nSPS) is 15.9. The number of hydrogen-bond acceptors (Lipinski definition) is 5. The summed E-state index contributed by atoms with van der Waals surface area (Å²) >= 11 is 1.32. The molecule has 0 spiro atoms. The molecule has 6 nitrogen and oxygen atoms in total. The third-order valence-electron chi connectivity index (χ3n) is 6.51. The van der Waals surface area contributed by atoms with Crippen LogP contribution in [0.4, 0.5) is 0 Å². The molecule has 3 aromatic carbocycles. The molecule has 1 atom stereocenters. The summed E-state index contributed by atoms with van der Waals surface area (Å²) in [6, 6.07) is 26.1. The minimum Gasteiger partial charge on any atom is -0.351 e. The SMILES string of the molecule is Cc1ccc(Cn2c(SCC(=O)NC3CCN(Cc4ccccc4)C3)nc3ccccc3c2=O)cc1. The second-order valence-corrected chi connectivity index (χ2v) is 10.3. The van der Waals surface area contributed by atoms with Gasteiger partial charge in [0.15, 0.2) is 5.16 Å². The number of nitrogens with one attached hydrogen (secondary N) is 1. The lowest BCUT2D eigenvalue weighted by Gasteiger charge is -2.17. The minimum atomic E-state index is -0.0866. The van der Waals surface area contributed by atoms with E-state index in [2.05, 4.69) is 34.5 Å². The van der Waals surface area contributed by atoms with Gasteiger partial charge >= 0.3 is 0 Å². The van der Waals surface area contributed by atoms with Crippen LogP contribution in [0.2, 0.25) is 0 Å². The van der Waals surface area contributed by atoms with Crippen molar-refractivity contribution in [3.05, 3.63) is 106 Å². The Balaban J connectivity index is 1.25. The lowest BCUT2D eigenvalue weighted by molar-refractivity contribution is -0.119. The zero-order valence-electron chi connectivity index (χ0n) is 20.4. The van der Waals surface area contributed by atoms with Crippen LogP contribution >= 0.6 is 11.8 Å². The van der Waals surface area contributed by atoms with E-state index in [0.717, 1.165) is 31.6 Å². The average Bonchev–Trinajstić information content (AvgIpc) is 3.33. The average molecular weight is 499 g/mol. The van der Waals surface area contributed by atoms with E-state index in [1.165, 1.54) is 22.9 Å². The van der Waals surface area contributed by atoms with Gasteiger partial charge in [-0.05, 0) is 36.6 Å². The monoisotopic (exact) mass is 498 g/mol. The van der Waals surface area contributed by atoms with Gasteiger partial charge < -0.3 is 5.32 Å². The number of para-hydroxylation sites is 1. The predicted molar refractivity (Wildman–Crippen MR) is 145 cm³/mol. The highest BCUT2D eigenvalue weighted by Gasteiger charge is 2.24. The van der Waals surface area contributed by atoms with Crippen molar-refractivity contribution in [3.63, 3.8) is 0 Å². The molecule has 0 saturated carbocycles. The van der Waals surface area contributed by atoms with E-state index in [0.29, 0.717) is 22.6 Å². The topological polar surface area (TPSA) is 67.2 Å². The van der Waals surface area contributed by atoms with Crippen LogP contribution in [0.15, 0.2) is 88.8 Å². The third kappa shape index (κ3) is 5.86. The van der Waals surface area contributed by atoms with E-state index in [1.54, 1.807) is 10.6 Å². The van der Waals surface area contributed by atoms with E-state index in [-0.39, 0.29) is 23.3 Å². The fourth-order valence-electron chi connectivity index (χ4n) is 4.61. The van der Waals surface area contributed by atoms with Crippen molar-refractivity contribution >= 4 is 28.6 Å². The van der Waals surface area contributed by atoms with Crippen molar-refractivity contribution in [2.45, 2.75) is 37.6 Å². The molecule has 0 aliphatic carbocycles. The molecule has 1 saturated heterocycles. The maximum Gasteiger partial charge on any atom is 0.262 e. The highest BCUT2D eigenvalue weighted by Crippen LogP contribution is 2.20. The number of likely N-dealkylation sites (tertiary alicyclic amines) is 1. The molecule has 0 radical (unpaired) electrons. The van der Waals surface area contributed by atoms with Gasteiger partial charge in [-0.25, -0.2) is 4.98 Å². The molecular formula is C29H30N4O2S. The number of aryl methyl sites for hydroxylation is 1. The first-order valence-corrected chi connectivity index (χ1v) is 13.3. The van der Waals surface area contributed by atoms with E-state index in [1.807, 2.05) is 55.5 Å². The summed E-state index contributed by atoms with van der Waals surface area (Å²) in [5.74, 6) is 0.185. The molecule has 1 fully saturated rings. The minimum absolute atomic E-state index is 0.0316. The molecule has 1 N–H and O–H groups in total. The van der Waals surface area contributed by atoms with Crippen LogP contribution in [-0.4, -0.2) is 45.2 Å². The number of rotatable bonds is 8. The first kappa shape index (κ1) is 24.3. The lowest BCUT2D eigenvalue weighted by atomic mass is 10.1. The van der Waals surface area contributed by atoms with Gasteiger partial charge in [0, 0.05) is 25.7 Å². The summed E-state index contributed by atoms with van der Waals surface area (Å²) in [5.41, 5.74) is 4.04. The van der Waals surface area contributed by atoms with Crippen molar-refractivity contribution in [2.75, 3.05) is 18.8 Å². The first-order valence-electron chi connectivity index (χ1n) is 12.3. The van der Waals surface area contributed by atoms with Crippen molar-refractivity contribution in [1.82, 2.24) is 19.8 Å². The molecule has 36 heavy (non-hydrogen) atoms. The summed E-state index contributed by atoms with van der Waals surface area (Å²) in [7, 11) is 0. The molecule has 0 bridgehead atoms. The summed E-state index contributed by atoms with van der Waals surface area (Å²) in [4.78, 5) is 33.3. The van der Waals surface area contributed by atoms with Gasteiger partial charge in [0.25, 0.3) is 5.56 Å². The molecule has 1 aliphatic heterocycles. The van der Waals surface area contributed by atoms with Crippen LogP contribution in [0.5, 0.6) is 0 Å². The van der Waals surface area contributed by atoms with Gasteiger partial charge in [-0.3, -0.25) is 19.1 Å². The molecule has 184 valence electrons. The molecule has 2 heterocycles. The standard InChI is InChI=1S/C29H30N4O2S/c1-21-11-13-23(14-12-21)18-33-28(35)25-9-5-6-10-26(25)31-29(33)36-20-27(34)30-24-15-16-32(19-24)17-22-7-3-2-4-8-22/h2-14,24H,15-20H2,1H3,(H,30,34). The zero-order valence-corrected chi connectivity index (χ0v) is 21.2. The van der Waals surface area contributed by atoms with Gasteiger partial charge in [-0.2, -0.15) is 0 Å². The Morgan fingerprint density at radius 3 is 2.50 bits per heavy atom. The number of thioether (sulfide) groups is 1. The van der Waals surface area contributed by atoms with Crippen LogP contribution < -0.4 is 10.9 Å². The number of nitrogens with zero attached hydrogens (tertiary/aromatic N) is 3. The highest BCUT2D eigenvalue weighted by atomic mass is 32.2. The lowest BCUT2D eigenvalue weighted by Crippen LogP contribution is -2.38. The molecule has 7 heteroatoms. The first-order chi connectivity index (χ1) is 17.5. The van der Waals surface area contributed by atoms with Crippen molar-refractivity contribution in [2.24, 2.45) is 0 Å². The van der Waals surface area contributed by atoms with Crippen LogP contribution in [0.1, 0.15) is 23.1 Å². The number of benzene rings is 3. The third-order valence-corrected chi connectivity index (χ3v) is 7.48. The Hall–Kier alpha value is -3.42. The molecule has 4 aromatic rings. The maximum atomic E-state index is 13.3. The van der Waals surface area contributed by atoms with E-state index < -0.39 is 0 Å². The van der Waals surface area contributed by atoms with Crippen LogP contribution in [0.3, 0.4) is 0 Å². The summed E-state index contributed by atoms with van der Waals surface area (Å²) in [6.45, 7) is 5.16. The van der Waals surface area contributed by atoms with Crippen molar-refractivity contribution in [3.8, 4) is 0 Å². The zero-order chi connectivity index (χ0) is 24.9. The quantitative estimate of drug-likeness (QED) is 0.291. The fourth-order valence-corrected chi connectivity index (χ4v) is 5.42. The molecule has 5 rings (SSSR count). The molecule has 1 unspecified atom stereocenters. The number of carbonyl (C=O) groups excluding carboxylic acids is 1. The number of aromatic nitrogens is 2. The number of fused-ring (bicyclic) bond motifs is 1. The van der Waals surface area contributed by atoms with Gasteiger partial charge in [0.1, 0.15) is 0 Å².